The number of hydrogen-bond donors (Lipinski definition) is 1. The molecule has 0 saturated carbocycles. The summed E-state index contributed by atoms with van der Waals surface area (Å²) in [6.45, 7) is 0. The van der Waals surface area contributed by atoms with Gasteiger partial charge in [0.05, 0.1) is 12.0 Å². The molecule has 0 heterocycles. The monoisotopic (exact) mass is 307 g/mol. The summed E-state index contributed by atoms with van der Waals surface area (Å²) in [6.07, 6.45) is -0.235. The summed E-state index contributed by atoms with van der Waals surface area (Å²) in [7, 11) is 0. The van der Waals surface area contributed by atoms with E-state index in [9.17, 15) is 19.8 Å². The van der Waals surface area contributed by atoms with Gasteiger partial charge in [-0.25, -0.2) is 0 Å². The van der Waals surface area contributed by atoms with Gasteiger partial charge in [0.2, 0.25) is 5.91 Å². The molecule has 6 heteroatoms. The molecule has 0 aliphatic carbocycles. The van der Waals surface area contributed by atoms with Crippen molar-refractivity contribution >= 4 is 17.5 Å². The molecule has 2 rings (SSSR count). The average molecular weight is 307 g/mol. The van der Waals surface area contributed by atoms with E-state index in [2.05, 4.69) is 10.5 Å². The van der Waals surface area contributed by atoms with Gasteiger partial charge in [-0.15, -0.1) is 4.91 Å². The second-order valence-corrected chi connectivity index (χ2v) is 4.78. The number of carbonyl (C=O) groups excluding carboxylic acids is 2. The van der Waals surface area contributed by atoms with Gasteiger partial charge in [-0.2, -0.15) is 5.26 Å². The zero-order chi connectivity index (χ0) is 16.7. The minimum Gasteiger partial charge on any atom is -0.292 e. The maximum absolute atomic E-state index is 12.0. The third kappa shape index (κ3) is 4.08. The molecule has 6 nitrogen and oxygen atoms in total. The van der Waals surface area contributed by atoms with E-state index < -0.39 is 17.7 Å². The van der Waals surface area contributed by atoms with Crippen LogP contribution in [0, 0.1) is 16.2 Å². The van der Waals surface area contributed by atoms with E-state index in [0.717, 1.165) is 0 Å². The fourth-order valence-corrected chi connectivity index (χ4v) is 2.12. The Morgan fingerprint density at radius 3 is 2.39 bits per heavy atom. The van der Waals surface area contributed by atoms with Gasteiger partial charge in [0.1, 0.15) is 5.69 Å². The molecular weight excluding hydrogens is 294 g/mol. The minimum atomic E-state index is -0.854. The van der Waals surface area contributed by atoms with Crippen molar-refractivity contribution < 1.29 is 9.59 Å². The third-order valence-corrected chi connectivity index (χ3v) is 3.24. The van der Waals surface area contributed by atoms with Crippen LogP contribution in [-0.2, 0) is 4.79 Å². The Hall–Kier alpha value is -3.33. The van der Waals surface area contributed by atoms with Crippen molar-refractivity contribution in [3.05, 3.63) is 70.6 Å². The Morgan fingerprint density at radius 1 is 1.09 bits per heavy atom. The number of nitroso groups, excluding NO2 is 1. The van der Waals surface area contributed by atoms with Crippen LogP contribution in [0.5, 0.6) is 0 Å². The molecule has 114 valence electrons. The number of imide groups is 1. The standard InChI is InChI=1S/C17H13N3O3/c18-11-13(14-8-4-5-9-15(14)20-23)10-16(21)19-17(22)12-6-2-1-3-7-12/h1-9,13H,10H2,(H,19,21,22). The van der Waals surface area contributed by atoms with Crippen molar-refractivity contribution in [2.45, 2.75) is 12.3 Å². The molecule has 1 atom stereocenters. The smallest absolute Gasteiger partial charge is 0.257 e. The van der Waals surface area contributed by atoms with Crippen molar-refractivity contribution in [2.24, 2.45) is 5.18 Å². The first-order chi connectivity index (χ1) is 11.2. The molecule has 2 aromatic carbocycles. The van der Waals surface area contributed by atoms with E-state index in [4.69, 9.17) is 0 Å². The molecule has 0 spiro atoms. The SMILES string of the molecule is N#CC(CC(=O)NC(=O)c1ccccc1)c1ccccc1N=O. The van der Waals surface area contributed by atoms with E-state index in [0.29, 0.717) is 11.1 Å². The summed E-state index contributed by atoms with van der Waals surface area (Å²) in [5.41, 5.74) is 0.831. The van der Waals surface area contributed by atoms with Crippen LogP contribution in [-0.4, -0.2) is 11.8 Å². The highest BCUT2D eigenvalue weighted by Gasteiger charge is 2.20. The number of nitriles is 1. The van der Waals surface area contributed by atoms with Crippen LogP contribution >= 0.6 is 0 Å². The summed E-state index contributed by atoms with van der Waals surface area (Å²) in [6, 6.07) is 16.6. The lowest BCUT2D eigenvalue weighted by molar-refractivity contribution is -0.120. The number of nitrogens with one attached hydrogen (secondary N) is 1. The number of hydrogen-bond acceptors (Lipinski definition) is 5. The van der Waals surface area contributed by atoms with Crippen LogP contribution < -0.4 is 5.32 Å². The Morgan fingerprint density at radius 2 is 1.74 bits per heavy atom. The zero-order valence-corrected chi connectivity index (χ0v) is 12.1. The lowest BCUT2D eigenvalue weighted by atomic mass is 9.95. The number of rotatable bonds is 5. The molecule has 0 bridgehead atoms. The Kier molecular flexibility index (Phi) is 5.31. The van der Waals surface area contributed by atoms with Gasteiger partial charge in [0.25, 0.3) is 5.91 Å². The minimum absolute atomic E-state index is 0.112. The highest BCUT2D eigenvalue weighted by atomic mass is 16.3. The highest BCUT2D eigenvalue weighted by Crippen LogP contribution is 2.28. The first-order valence-electron chi connectivity index (χ1n) is 6.87. The van der Waals surface area contributed by atoms with Crippen LogP contribution in [0.25, 0.3) is 0 Å². The van der Waals surface area contributed by atoms with Gasteiger partial charge in [-0.3, -0.25) is 14.9 Å². The van der Waals surface area contributed by atoms with E-state index in [1.165, 1.54) is 6.07 Å². The zero-order valence-electron chi connectivity index (χ0n) is 12.1. The lowest BCUT2D eigenvalue weighted by Gasteiger charge is -2.10. The van der Waals surface area contributed by atoms with Gasteiger partial charge in [0, 0.05) is 12.0 Å². The van der Waals surface area contributed by atoms with Crippen molar-refractivity contribution in [1.29, 1.82) is 5.26 Å². The fourth-order valence-electron chi connectivity index (χ4n) is 2.12. The second-order valence-electron chi connectivity index (χ2n) is 4.78. The van der Waals surface area contributed by atoms with Crippen LogP contribution in [0.3, 0.4) is 0 Å². The predicted octanol–water partition coefficient (Wildman–Crippen LogP) is 3.04. The predicted molar refractivity (Wildman–Crippen MR) is 83.8 cm³/mol. The topological polar surface area (TPSA) is 99.4 Å². The Labute approximate surface area is 132 Å². The number of nitrogens with zero attached hydrogens (tertiary/aromatic N) is 2. The molecule has 0 aliphatic heterocycles. The maximum Gasteiger partial charge on any atom is 0.257 e. The van der Waals surface area contributed by atoms with Gasteiger partial charge >= 0.3 is 0 Å². The van der Waals surface area contributed by atoms with Crippen LogP contribution in [0.15, 0.2) is 59.8 Å². The molecule has 2 amide bonds. The molecule has 0 fully saturated rings. The van der Waals surface area contributed by atoms with Crippen LogP contribution in [0.4, 0.5) is 5.69 Å². The quantitative estimate of drug-likeness (QED) is 0.858. The van der Waals surface area contributed by atoms with E-state index >= 15 is 0 Å². The lowest BCUT2D eigenvalue weighted by Crippen LogP contribution is -2.31. The summed E-state index contributed by atoms with van der Waals surface area (Å²) >= 11 is 0. The number of benzene rings is 2. The molecule has 1 N–H and O–H groups in total. The summed E-state index contributed by atoms with van der Waals surface area (Å²) in [5, 5.41) is 14.3. The second kappa shape index (κ2) is 7.61. The average Bonchev–Trinajstić information content (AvgIpc) is 2.60. The van der Waals surface area contributed by atoms with Gasteiger partial charge in [-0.1, -0.05) is 36.4 Å². The highest BCUT2D eigenvalue weighted by molar-refractivity contribution is 6.04. The first kappa shape index (κ1) is 16.0. The molecule has 0 radical (unpaired) electrons. The first-order valence-corrected chi connectivity index (χ1v) is 6.87. The summed E-state index contributed by atoms with van der Waals surface area (Å²) in [4.78, 5) is 34.7. The molecule has 0 saturated heterocycles. The molecule has 1 unspecified atom stereocenters. The summed E-state index contributed by atoms with van der Waals surface area (Å²) in [5.74, 6) is -1.98. The molecular formula is C17H13N3O3. The van der Waals surface area contributed by atoms with E-state index in [-0.39, 0.29) is 12.1 Å². The Balaban J connectivity index is 2.07. The third-order valence-electron chi connectivity index (χ3n) is 3.24. The maximum atomic E-state index is 12.0. The van der Waals surface area contributed by atoms with E-state index in [1.54, 1.807) is 48.5 Å². The number of amides is 2. The van der Waals surface area contributed by atoms with E-state index in [1.807, 2.05) is 6.07 Å². The van der Waals surface area contributed by atoms with Crippen molar-refractivity contribution in [3.63, 3.8) is 0 Å². The fraction of sp³-hybridized carbons (Fsp3) is 0.118. The van der Waals surface area contributed by atoms with Crippen molar-refractivity contribution in [3.8, 4) is 6.07 Å². The van der Waals surface area contributed by atoms with Crippen LogP contribution in [0.2, 0.25) is 0 Å². The molecule has 23 heavy (non-hydrogen) atoms. The van der Waals surface area contributed by atoms with Gasteiger partial charge in [-0.05, 0) is 28.9 Å². The molecule has 0 aromatic heterocycles. The molecule has 2 aromatic rings. The van der Waals surface area contributed by atoms with Gasteiger partial charge < -0.3 is 0 Å². The number of carbonyl (C=O) groups is 2. The Bertz CT molecular complexity index is 766. The van der Waals surface area contributed by atoms with Crippen LogP contribution in [0.1, 0.15) is 28.3 Å². The summed E-state index contributed by atoms with van der Waals surface area (Å²) < 4.78 is 0. The van der Waals surface area contributed by atoms with Crippen molar-refractivity contribution in [1.82, 2.24) is 5.32 Å². The van der Waals surface area contributed by atoms with Crippen molar-refractivity contribution in [2.75, 3.05) is 0 Å². The molecule has 0 aliphatic rings. The largest absolute Gasteiger partial charge is 0.292 e. The normalized spacial score (nSPS) is 11.1. The van der Waals surface area contributed by atoms with Gasteiger partial charge in [0.15, 0.2) is 0 Å².